The van der Waals surface area contributed by atoms with Crippen LogP contribution in [0.5, 0.6) is 5.75 Å². The molecule has 1 aromatic rings. The van der Waals surface area contributed by atoms with Crippen LogP contribution in [0.25, 0.3) is 0 Å². The van der Waals surface area contributed by atoms with Crippen molar-refractivity contribution < 1.29 is 13.9 Å². The van der Waals surface area contributed by atoms with Gasteiger partial charge in [0.15, 0.2) is 0 Å². The van der Waals surface area contributed by atoms with Crippen LogP contribution in [0, 0.1) is 5.41 Å². The third kappa shape index (κ3) is 5.70. The zero-order chi connectivity index (χ0) is 16.0. The lowest BCUT2D eigenvalue weighted by atomic mass is 9.80. The van der Waals surface area contributed by atoms with E-state index in [1.54, 1.807) is 12.1 Å². The van der Waals surface area contributed by atoms with Crippen LogP contribution in [-0.2, 0) is 4.79 Å². The molecule has 3 heteroatoms. The summed E-state index contributed by atoms with van der Waals surface area (Å²) in [5, 5.41) is 0. The van der Waals surface area contributed by atoms with Gasteiger partial charge in [0.05, 0.1) is 0 Å². The van der Waals surface area contributed by atoms with Gasteiger partial charge in [-0.2, -0.15) is 0 Å². The molecule has 0 saturated carbocycles. The number of ether oxygens (including phenoxy) is 1. The molecule has 2 unspecified atom stereocenters. The summed E-state index contributed by atoms with van der Waals surface area (Å²) in [6, 6.07) is 7.33. The minimum atomic E-state index is -1.78. The molecule has 0 radical (unpaired) electrons. The summed E-state index contributed by atoms with van der Waals surface area (Å²) in [6.45, 7) is 12.1. The number of hydrogen-bond donors (Lipinski definition) is 0. The molecule has 0 fully saturated rings. The monoisotopic (exact) mass is 292 g/mol. The standard InChI is InChI=1S/C18H25FO2/c1-6-13(12-18(3,4)5)14-8-10-15(11-9-14)21-17(20)16(19)7-2/h7-11,13,16H,2,6,12H2,1,3-5H3. The molecule has 1 rings (SSSR count). The molecule has 0 heterocycles. The first kappa shape index (κ1) is 17.4. The molecule has 0 amide bonds. The van der Waals surface area contributed by atoms with Crippen molar-refractivity contribution in [2.45, 2.75) is 52.6 Å². The molecule has 21 heavy (non-hydrogen) atoms. The molecule has 1 aromatic carbocycles. The molecule has 0 spiro atoms. The lowest BCUT2D eigenvalue weighted by Crippen LogP contribution is -2.19. The topological polar surface area (TPSA) is 26.3 Å². The van der Waals surface area contributed by atoms with E-state index in [0.29, 0.717) is 11.7 Å². The maximum Gasteiger partial charge on any atom is 0.350 e. The Bertz CT molecular complexity index is 471. The zero-order valence-electron chi connectivity index (χ0n) is 13.4. The fourth-order valence-electron chi connectivity index (χ4n) is 2.31. The van der Waals surface area contributed by atoms with E-state index in [1.165, 1.54) is 5.56 Å². The van der Waals surface area contributed by atoms with Crippen LogP contribution < -0.4 is 4.74 Å². The molecule has 116 valence electrons. The van der Waals surface area contributed by atoms with Gasteiger partial charge in [-0.05, 0) is 47.9 Å². The van der Waals surface area contributed by atoms with Crippen LogP contribution in [0.3, 0.4) is 0 Å². The lowest BCUT2D eigenvalue weighted by Gasteiger charge is -2.25. The van der Waals surface area contributed by atoms with Gasteiger partial charge in [-0.15, -0.1) is 0 Å². The SMILES string of the molecule is C=CC(F)C(=O)Oc1ccc(C(CC)CC(C)(C)C)cc1. The zero-order valence-corrected chi connectivity index (χ0v) is 13.4. The maximum atomic E-state index is 13.1. The van der Waals surface area contributed by atoms with Crippen molar-refractivity contribution in [2.75, 3.05) is 0 Å². The van der Waals surface area contributed by atoms with Crippen LogP contribution in [-0.4, -0.2) is 12.1 Å². The number of hydrogen-bond acceptors (Lipinski definition) is 2. The van der Waals surface area contributed by atoms with Gasteiger partial charge >= 0.3 is 5.97 Å². The van der Waals surface area contributed by atoms with Crippen molar-refractivity contribution in [1.82, 2.24) is 0 Å². The van der Waals surface area contributed by atoms with Crippen molar-refractivity contribution in [3.05, 3.63) is 42.5 Å². The van der Waals surface area contributed by atoms with E-state index < -0.39 is 12.1 Å². The van der Waals surface area contributed by atoms with E-state index in [9.17, 15) is 9.18 Å². The number of esters is 1. The number of rotatable bonds is 6. The highest BCUT2D eigenvalue weighted by molar-refractivity contribution is 5.78. The Labute approximate surface area is 127 Å². The Balaban J connectivity index is 2.77. The van der Waals surface area contributed by atoms with Crippen molar-refractivity contribution in [2.24, 2.45) is 5.41 Å². The first-order valence-corrected chi connectivity index (χ1v) is 7.35. The highest BCUT2D eigenvalue weighted by Crippen LogP contribution is 2.33. The number of carbonyl (C=O) groups excluding carboxylic acids is 1. The fourth-order valence-corrected chi connectivity index (χ4v) is 2.31. The average Bonchev–Trinajstić information content (AvgIpc) is 2.43. The Kier molecular flexibility index (Phi) is 6.13. The first-order chi connectivity index (χ1) is 9.76. The fraction of sp³-hybridized carbons (Fsp3) is 0.500. The van der Waals surface area contributed by atoms with E-state index in [2.05, 4.69) is 34.3 Å². The largest absolute Gasteiger partial charge is 0.424 e. The van der Waals surface area contributed by atoms with Crippen molar-refractivity contribution in [1.29, 1.82) is 0 Å². The molecule has 0 bridgehead atoms. The predicted molar refractivity (Wildman–Crippen MR) is 84.3 cm³/mol. The molecule has 2 nitrogen and oxygen atoms in total. The van der Waals surface area contributed by atoms with Crippen LogP contribution in [0.2, 0.25) is 0 Å². The number of benzene rings is 1. The Morgan fingerprint density at radius 3 is 2.33 bits per heavy atom. The van der Waals surface area contributed by atoms with E-state index in [0.717, 1.165) is 18.9 Å². The van der Waals surface area contributed by atoms with Gasteiger partial charge < -0.3 is 4.74 Å². The van der Waals surface area contributed by atoms with Gasteiger partial charge in [0.1, 0.15) is 5.75 Å². The highest BCUT2D eigenvalue weighted by Gasteiger charge is 2.19. The first-order valence-electron chi connectivity index (χ1n) is 7.35. The van der Waals surface area contributed by atoms with Crippen LogP contribution in [0.4, 0.5) is 4.39 Å². The van der Waals surface area contributed by atoms with Crippen LogP contribution >= 0.6 is 0 Å². The molecule has 0 N–H and O–H groups in total. The third-order valence-electron chi connectivity index (χ3n) is 3.35. The van der Waals surface area contributed by atoms with Gasteiger partial charge in [0.2, 0.25) is 6.17 Å². The summed E-state index contributed by atoms with van der Waals surface area (Å²) in [4.78, 5) is 11.3. The number of halogens is 1. The van der Waals surface area contributed by atoms with Gasteiger partial charge in [0.25, 0.3) is 0 Å². The van der Waals surface area contributed by atoms with Gasteiger partial charge in [-0.25, -0.2) is 9.18 Å². The number of alkyl halides is 1. The quantitative estimate of drug-likeness (QED) is 0.417. The second kappa shape index (κ2) is 7.39. The normalized spacial score (nSPS) is 14.3. The number of carbonyl (C=O) groups is 1. The molecular weight excluding hydrogens is 267 g/mol. The minimum absolute atomic E-state index is 0.261. The Morgan fingerprint density at radius 2 is 1.90 bits per heavy atom. The molecule has 0 aliphatic rings. The Hall–Kier alpha value is -1.64. The van der Waals surface area contributed by atoms with E-state index in [1.807, 2.05) is 12.1 Å². The molecule has 0 aliphatic heterocycles. The summed E-state index contributed by atoms with van der Waals surface area (Å²) in [6.07, 6.45) is 1.28. The maximum absolute atomic E-state index is 13.1. The molecule has 0 aromatic heterocycles. The molecule has 2 atom stereocenters. The Morgan fingerprint density at radius 1 is 1.33 bits per heavy atom. The lowest BCUT2D eigenvalue weighted by molar-refractivity contribution is -0.138. The van der Waals surface area contributed by atoms with E-state index >= 15 is 0 Å². The third-order valence-corrected chi connectivity index (χ3v) is 3.35. The van der Waals surface area contributed by atoms with Crippen LogP contribution in [0.1, 0.15) is 52.0 Å². The summed E-state index contributed by atoms with van der Waals surface area (Å²) in [5.74, 6) is -0.102. The van der Waals surface area contributed by atoms with E-state index in [4.69, 9.17) is 4.74 Å². The van der Waals surface area contributed by atoms with Gasteiger partial charge in [-0.1, -0.05) is 46.4 Å². The van der Waals surface area contributed by atoms with Gasteiger partial charge in [0, 0.05) is 0 Å². The second-order valence-electron chi connectivity index (χ2n) is 6.50. The summed E-state index contributed by atoms with van der Waals surface area (Å²) < 4.78 is 18.0. The van der Waals surface area contributed by atoms with Crippen molar-refractivity contribution >= 4 is 5.97 Å². The van der Waals surface area contributed by atoms with Crippen molar-refractivity contribution in [3.63, 3.8) is 0 Å². The van der Waals surface area contributed by atoms with E-state index in [-0.39, 0.29) is 5.41 Å². The molecular formula is C18H25FO2. The molecule has 0 saturated heterocycles. The summed E-state index contributed by atoms with van der Waals surface area (Å²) >= 11 is 0. The predicted octanol–water partition coefficient (Wildman–Crippen LogP) is 5.05. The summed E-state index contributed by atoms with van der Waals surface area (Å²) in [7, 11) is 0. The summed E-state index contributed by atoms with van der Waals surface area (Å²) in [5.41, 5.74) is 1.48. The minimum Gasteiger partial charge on any atom is -0.424 e. The molecule has 0 aliphatic carbocycles. The van der Waals surface area contributed by atoms with Crippen LogP contribution in [0.15, 0.2) is 36.9 Å². The average molecular weight is 292 g/mol. The second-order valence-corrected chi connectivity index (χ2v) is 6.50. The highest BCUT2D eigenvalue weighted by atomic mass is 19.1. The smallest absolute Gasteiger partial charge is 0.350 e. The van der Waals surface area contributed by atoms with Gasteiger partial charge in [-0.3, -0.25) is 0 Å². The van der Waals surface area contributed by atoms with Crippen molar-refractivity contribution in [3.8, 4) is 5.75 Å².